The zero-order chi connectivity index (χ0) is 10.7. The summed E-state index contributed by atoms with van der Waals surface area (Å²) in [6.45, 7) is 0.860. The minimum absolute atomic E-state index is 0.185. The third-order valence-electron chi connectivity index (χ3n) is 2.85. The summed E-state index contributed by atoms with van der Waals surface area (Å²) < 4.78 is 0.849. The van der Waals surface area contributed by atoms with Gasteiger partial charge in [-0.3, -0.25) is 0 Å². The summed E-state index contributed by atoms with van der Waals surface area (Å²) in [7, 11) is 0. The Morgan fingerprint density at radius 3 is 2.80 bits per heavy atom. The van der Waals surface area contributed by atoms with Gasteiger partial charge in [-0.1, -0.05) is 6.07 Å². The largest absolute Gasteiger partial charge is 0.395 e. The highest BCUT2D eigenvalue weighted by Crippen LogP contribution is 2.28. The van der Waals surface area contributed by atoms with Crippen molar-refractivity contribution in [3.8, 4) is 0 Å². The first-order valence-electron chi connectivity index (χ1n) is 5.31. The van der Waals surface area contributed by atoms with Crippen molar-refractivity contribution in [3.63, 3.8) is 0 Å². The molecular formula is C11H15BrN2O. The third kappa shape index (κ3) is 2.49. The lowest BCUT2D eigenvalue weighted by Crippen LogP contribution is -2.42. The van der Waals surface area contributed by atoms with Crippen LogP contribution in [0, 0.1) is 0 Å². The maximum absolute atomic E-state index is 9.05. The average molecular weight is 271 g/mol. The Morgan fingerprint density at radius 1 is 1.47 bits per heavy atom. The monoisotopic (exact) mass is 270 g/mol. The quantitative estimate of drug-likeness (QED) is 0.853. The molecule has 0 bridgehead atoms. The van der Waals surface area contributed by atoms with Crippen LogP contribution in [-0.4, -0.2) is 29.3 Å². The molecule has 1 aromatic heterocycles. The number of aromatic nitrogens is 1. The number of hydrogen-bond donors (Lipinski definition) is 1. The van der Waals surface area contributed by atoms with Gasteiger partial charge < -0.3 is 10.0 Å². The Kier molecular flexibility index (Phi) is 3.59. The molecule has 0 spiro atoms. The summed E-state index contributed by atoms with van der Waals surface area (Å²) in [5.74, 6) is 0.961. The molecule has 0 aromatic carbocycles. The number of hydrogen-bond acceptors (Lipinski definition) is 3. The maximum atomic E-state index is 9.05. The van der Waals surface area contributed by atoms with E-state index in [1.165, 1.54) is 19.3 Å². The van der Waals surface area contributed by atoms with E-state index in [9.17, 15) is 0 Å². The van der Waals surface area contributed by atoms with E-state index in [0.717, 1.165) is 10.4 Å². The van der Waals surface area contributed by atoms with E-state index in [4.69, 9.17) is 5.11 Å². The van der Waals surface area contributed by atoms with E-state index in [2.05, 4.69) is 25.8 Å². The van der Waals surface area contributed by atoms with Gasteiger partial charge in [-0.15, -0.1) is 0 Å². The first kappa shape index (κ1) is 10.9. The van der Waals surface area contributed by atoms with Crippen LogP contribution in [0.25, 0.3) is 0 Å². The van der Waals surface area contributed by atoms with Crippen LogP contribution in [-0.2, 0) is 0 Å². The minimum Gasteiger partial charge on any atom is -0.395 e. The first-order valence-corrected chi connectivity index (χ1v) is 6.10. The first-order chi connectivity index (χ1) is 7.31. The number of pyridine rings is 1. The Bertz CT molecular complexity index is 328. The number of halogens is 1. The van der Waals surface area contributed by atoms with Crippen molar-refractivity contribution < 1.29 is 5.11 Å². The van der Waals surface area contributed by atoms with E-state index < -0.39 is 0 Å². The third-order valence-corrected chi connectivity index (χ3v) is 3.29. The van der Waals surface area contributed by atoms with E-state index in [-0.39, 0.29) is 6.61 Å². The molecule has 1 saturated carbocycles. The number of nitrogens with zero attached hydrogens (tertiary/aromatic N) is 2. The van der Waals surface area contributed by atoms with Crippen molar-refractivity contribution in [2.24, 2.45) is 0 Å². The molecule has 4 heteroatoms. The molecule has 15 heavy (non-hydrogen) atoms. The molecule has 1 aliphatic rings. The predicted molar refractivity (Wildman–Crippen MR) is 64.0 cm³/mol. The van der Waals surface area contributed by atoms with E-state index >= 15 is 0 Å². The lowest BCUT2D eigenvalue weighted by atomic mass is 9.91. The van der Waals surface area contributed by atoms with Crippen molar-refractivity contribution >= 4 is 21.7 Å². The number of rotatable bonds is 4. The lowest BCUT2D eigenvalue weighted by molar-refractivity contribution is 0.283. The van der Waals surface area contributed by atoms with E-state index in [1.807, 2.05) is 18.2 Å². The summed E-state index contributed by atoms with van der Waals surface area (Å²) in [4.78, 5) is 6.63. The van der Waals surface area contributed by atoms with Gasteiger partial charge in [-0.25, -0.2) is 4.98 Å². The number of anilines is 1. The van der Waals surface area contributed by atoms with Gasteiger partial charge in [0.05, 0.1) is 6.61 Å². The second-order valence-corrected chi connectivity index (χ2v) is 4.63. The van der Waals surface area contributed by atoms with Gasteiger partial charge in [-0.2, -0.15) is 0 Å². The molecular weight excluding hydrogens is 256 g/mol. The zero-order valence-corrected chi connectivity index (χ0v) is 10.2. The summed E-state index contributed by atoms with van der Waals surface area (Å²) in [5, 5.41) is 9.05. The zero-order valence-electron chi connectivity index (χ0n) is 8.56. The maximum Gasteiger partial charge on any atom is 0.130 e. The summed E-state index contributed by atoms with van der Waals surface area (Å²) >= 11 is 3.37. The number of aliphatic hydroxyl groups is 1. The highest BCUT2D eigenvalue weighted by Gasteiger charge is 2.25. The Labute approximate surface area is 98.3 Å². The molecule has 2 rings (SSSR count). The molecule has 0 amide bonds. The topological polar surface area (TPSA) is 36.4 Å². The van der Waals surface area contributed by atoms with Gasteiger partial charge in [0.1, 0.15) is 10.4 Å². The van der Waals surface area contributed by atoms with Crippen molar-refractivity contribution in [3.05, 3.63) is 22.8 Å². The fraction of sp³-hybridized carbons (Fsp3) is 0.545. The molecule has 1 aliphatic carbocycles. The van der Waals surface area contributed by atoms with Crippen LogP contribution in [0.4, 0.5) is 5.82 Å². The summed E-state index contributed by atoms with van der Waals surface area (Å²) in [5.41, 5.74) is 0. The molecule has 0 atom stereocenters. The van der Waals surface area contributed by atoms with Crippen LogP contribution >= 0.6 is 15.9 Å². The fourth-order valence-corrected chi connectivity index (χ4v) is 2.18. The van der Waals surface area contributed by atoms with Crippen molar-refractivity contribution in [2.45, 2.75) is 25.3 Å². The Morgan fingerprint density at radius 2 is 2.27 bits per heavy atom. The standard InChI is InChI=1S/C11H15BrN2O/c12-10-5-2-6-11(13-10)14(7-8-15)9-3-1-4-9/h2,5-6,9,15H,1,3-4,7-8H2. The van der Waals surface area contributed by atoms with Gasteiger partial charge in [-0.05, 0) is 47.3 Å². The molecule has 0 radical (unpaired) electrons. The Balaban J connectivity index is 2.15. The van der Waals surface area contributed by atoms with Gasteiger partial charge >= 0.3 is 0 Å². The van der Waals surface area contributed by atoms with Gasteiger partial charge in [0, 0.05) is 12.6 Å². The average Bonchev–Trinajstić information content (AvgIpc) is 2.14. The van der Waals surface area contributed by atoms with E-state index in [1.54, 1.807) is 0 Å². The fourth-order valence-electron chi connectivity index (χ4n) is 1.85. The summed E-state index contributed by atoms with van der Waals surface area (Å²) in [6.07, 6.45) is 3.73. The number of aliphatic hydroxyl groups excluding tert-OH is 1. The van der Waals surface area contributed by atoms with Crippen molar-refractivity contribution in [1.82, 2.24) is 4.98 Å². The molecule has 1 heterocycles. The molecule has 82 valence electrons. The van der Waals surface area contributed by atoms with E-state index in [0.29, 0.717) is 12.6 Å². The predicted octanol–water partition coefficient (Wildman–Crippen LogP) is 2.20. The second kappa shape index (κ2) is 4.94. The molecule has 0 saturated heterocycles. The molecule has 0 unspecified atom stereocenters. The van der Waals surface area contributed by atoms with Gasteiger partial charge in [0.25, 0.3) is 0 Å². The van der Waals surface area contributed by atoms with Crippen LogP contribution in [0.1, 0.15) is 19.3 Å². The molecule has 1 aromatic rings. The summed E-state index contributed by atoms with van der Waals surface area (Å²) in [6, 6.07) is 6.47. The smallest absolute Gasteiger partial charge is 0.130 e. The van der Waals surface area contributed by atoms with Crippen LogP contribution in [0.2, 0.25) is 0 Å². The molecule has 0 aliphatic heterocycles. The van der Waals surface area contributed by atoms with Crippen LogP contribution in [0.15, 0.2) is 22.8 Å². The minimum atomic E-state index is 0.185. The highest BCUT2D eigenvalue weighted by molar-refractivity contribution is 9.10. The lowest BCUT2D eigenvalue weighted by Gasteiger charge is -2.38. The van der Waals surface area contributed by atoms with Gasteiger partial charge in [0.2, 0.25) is 0 Å². The molecule has 1 N–H and O–H groups in total. The van der Waals surface area contributed by atoms with Crippen LogP contribution in [0.5, 0.6) is 0 Å². The van der Waals surface area contributed by atoms with Crippen molar-refractivity contribution in [1.29, 1.82) is 0 Å². The van der Waals surface area contributed by atoms with Crippen LogP contribution < -0.4 is 4.90 Å². The van der Waals surface area contributed by atoms with Crippen LogP contribution in [0.3, 0.4) is 0 Å². The highest BCUT2D eigenvalue weighted by atomic mass is 79.9. The molecule has 1 fully saturated rings. The molecule has 3 nitrogen and oxygen atoms in total. The second-order valence-electron chi connectivity index (χ2n) is 3.82. The van der Waals surface area contributed by atoms with Crippen molar-refractivity contribution in [2.75, 3.05) is 18.1 Å². The normalized spacial score (nSPS) is 16.1. The Hall–Kier alpha value is -0.610. The van der Waals surface area contributed by atoms with Gasteiger partial charge in [0.15, 0.2) is 0 Å². The SMILES string of the molecule is OCCN(c1cccc(Br)n1)C1CCC1.